The van der Waals surface area contributed by atoms with E-state index >= 15 is 0 Å². The molecule has 4 rings (SSSR count). The zero-order valence-electron chi connectivity index (χ0n) is 14.2. The maximum absolute atomic E-state index is 5.80. The largest absolute Gasteiger partial charge is 0.492 e. The topological polar surface area (TPSA) is 41.5 Å². The lowest BCUT2D eigenvalue weighted by Gasteiger charge is -2.34. The van der Waals surface area contributed by atoms with Gasteiger partial charge in [-0.15, -0.1) is 0 Å². The summed E-state index contributed by atoms with van der Waals surface area (Å²) in [5.41, 5.74) is 3.33. The van der Waals surface area contributed by atoms with Crippen LogP contribution in [0.5, 0.6) is 5.75 Å². The van der Waals surface area contributed by atoms with E-state index in [2.05, 4.69) is 36.7 Å². The lowest BCUT2D eigenvalue weighted by molar-refractivity contribution is 0.112. The molecule has 0 radical (unpaired) electrons. The summed E-state index contributed by atoms with van der Waals surface area (Å²) in [6.45, 7) is 7.10. The first-order valence-electron chi connectivity index (χ1n) is 8.70. The minimum Gasteiger partial charge on any atom is -0.492 e. The van der Waals surface area contributed by atoms with Crippen LogP contribution in [0.15, 0.2) is 48.5 Å². The molecule has 130 valence electrons. The normalized spacial score (nSPS) is 16.3. The summed E-state index contributed by atoms with van der Waals surface area (Å²) in [6.07, 6.45) is 0. The van der Waals surface area contributed by atoms with Crippen LogP contribution >= 0.6 is 11.7 Å². The number of hydrogen-bond acceptors (Lipinski definition) is 6. The van der Waals surface area contributed by atoms with Crippen LogP contribution < -0.4 is 4.74 Å². The summed E-state index contributed by atoms with van der Waals surface area (Å²) in [7, 11) is 0. The summed E-state index contributed by atoms with van der Waals surface area (Å²) in [6, 6.07) is 16.4. The Kier molecular flexibility index (Phi) is 5.20. The van der Waals surface area contributed by atoms with Gasteiger partial charge in [0, 0.05) is 39.3 Å². The third-order valence-corrected chi connectivity index (χ3v) is 5.17. The van der Waals surface area contributed by atoms with E-state index in [-0.39, 0.29) is 0 Å². The van der Waals surface area contributed by atoms with Crippen LogP contribution in [-0.4, -0.2) is 57.9 Å². The highest BCUT2D eigenvalue weighted by Crippen LogP contribution is 2.16. The van der Waals surface area contributed by atoms with E-state index in [1.165, 1.54) is 17.3 Å². The van der Waals surface area contributed by atoms with Crippen LogP contribution in [0.25, 0.3) is 11.0 Å². The van der Waals surface area contributed by atoms with Crippen molar-refractivity contribution in [3.63, 3.8) is 0 Å². The molecule has 2 aromatic carbocycles. The van der Waals surface area contributed by atoms with Crippen molar-refractivity contribution in [1.29, 1.82) is 0 Å². The van der Waals surface area contributed by atoms with E-state index in [1.54, 1.807) is 0 Å². The lowest BCUT2D eigenvalue weighted by Crippen LogP contribution is -2.47. The Hall–Kier alpha value is -2.02. The van der Waals surface area contributed by atoms with Gasteiger partial charge in [-0.25, -0.2) is 0 Å². The number of benzene rings is 2. The number of nitrogens with zero attached hydrogens (tertiary/aromatic N) is 4. The minimum absolute atomic E-state index is 0.748. The Morgan fingerprint density at radius 1 is 0.880 bits per heavy atom. The van der Waals surface area contributed by atoms with Gasteiger partial charge in [0.1, 0.15) is 23.4 Å². The van der Waals surface area contributed by atoms with Crippen LogP contribution in [0, 0.1) is 0 Å². The smallest absolute Gasteiger partial charge is 0.119 e. The van der Waals surface area contributed by atoms with Crippen molar-refractivity contribution in [2.75, 3.05) is 39.3 Å². The molecule has 0 N–H and O–H groups in total. The fraction of sp³-hybridized carbons (Fsp3) is 0.368. The predicted octanol–water partition coefficient (Wildman–Crippen LogP) is 2.89. The number of fused-ring (bicyclic) bond motifs is 1. The van der Waals surface area contributed by atoms with Gasteiger partial charge in [0.25, 0.3) is 0 Å². The maximum atomic E-state index is 5.80. The first-order valence-corrected chi connectivity index (χ1v) is 9.44. The second kappa shape index (κ2) is 7.91. The van der Waals surface area contributed by atoms with Crippen LogP contribution in [0.4, 0.5) is 0 Å². The Balaban J connectivity index is 1.21. The summed E-state index contributed by atoms with van der Waals surface area (Å²) in [5, 5.41) is 0. The first kappa shape index (κ1) is 16.4. The number of hydrogen-bond donors (Lipinski definition) is 0. The van der Waals surface area contributed by atoms with Gasteiger partial charge in [-0.05, 0) is 29.8 Å². The molecule has 5 nitrogen and oxygen atoms in total. The van der Waals surface area contributed by atoms with Gasteiger partial charge in [0.15, 0.2) is 0 Å². The third-order valence-electron chi connectivity index (χ3n) is 4.61. The second-order valence-electron chi connectivity index (χ2n) is 6.37. The molecule has 0 spiro atoms. The molecule has 1 saturated heterocycles. The molecule has 0 aliphatic carbocycles. The quantitative estimate of drug-likeness (QED) is 0.681. The molecule has 1 aliphatic rings. The highest BCUT2D eigenvalue weighted by Gasteiger charge is 2.17. The Bertz CT molecular complexity index is 799. The summed E-state index contributed by atoms with van der Waals surface area (Å²) in [4.78, 5) is 4.99. The molecular formula is C19H22N4OS. The van der Waals surface area contributed by atoms with Gasteiger partial charge in [-0.1, -0.05) is 24.3 Å². The molecule has 0 unspecified atom stereocenters. The molecule has 2 heterocycles. The van der Waals surface area contributed by atoms with E-state index in [9.17, 15) is 0 Å². The maximum Gasteiger partial charge on any atom is 0.119 e. The molecular weight excluding hydrogens is 332 g/mol. The lowest BCUT2D eigenvalue weighted by atomic mass is 10.1. The van der Waals surface area contributed by atoms with E-state index in [4.69, 9.17) is 4.74 Å². The van der Waals surface area contributed by atoms with Crippen LogP contribution in [0.2, 0.25) is 0 Å². The minimum atomic E-state index is 0.748. The van der Waals surface area contributed by atoms with Crippen molar-refractivity contribution in [2.24, 2.45) is 0 Å². The summed E-state index contributed by atoms with van der Waals surface area (Å²) >= 11 is 1.28. The van der Waals surface area contributed by atoms with E-state index in [0.717, 1.165) is 62.7 Å². The van der Waals surface area contributed by atoms with Crippen LogP contribution in [0.3, 0.4) is 0 Å². The van der Waals surface area contributed by atoms with Gasteiger partial charge >= 0.3 is 0 Å². The average Bonchev–Trinajstić information content (AvgIpc) is 3.12. The van der Waals surface area contributed by atoms with E-state index in [1.807, 2.05) is 30.3 Å². The number of para-hydroxylation sites is 1. The van der Waals surface area contributed by atoms with Crippen molar-refractivity contribution in [3.8, 4) is 5.75 Å². The number of aromatic nitrogens is 2. The standard InChI is InChI=1S/C19H22N4OS/c1-2-4-17(5-3-1)24-13-12-22-8-10-23(11-9-22)15-16-6-7-18-19(14-16)21-25-20-18/h1-7,14H,8-13,15H2. The van der Waals surface area contributed by atoms with Gasteiger partial charge in [-0.3, -0.25) is 9.80 Å². The van der Waals surface area contributed by atoms with Gasteiger partial charge in [0.2, 0.25) is 0 Å². The number of piperazine rings is 1. The van der Waals surface area contributed by atoms with Crippen molar-refractivity contribution < 1.29 is 4.74 Å². The highest BCUT2D eigenvalue weighted by molar-refractivity contribution is 7.00. The molecule has 1 fully saturated rings. The molecule has 0 saturated carbocycles. The molecule has 1 aliphatic heterocycles. The fourth-order valence-corrected chi connectivity index (χ4v) is 3.68. The van der Waals surface area contributed by atoms with E-state index < -0.39 is 0 Å². The Morgan fingerprint density at radius 2 is 1.64 bits per heavy atom. The van der Waals surface area contributed by atoms with Crippen molar-refractivity contribution in [3.05, 3.63) is 54.1 Å². The summed E-state index contributed by atoms with van der Waals surface area (Å²) < 4.78 is 14.4. The molecule has 3 aromatic rings. The monoisotopic (exact) mass is 354 g/mol. The zero-order chi connectivity index (χ0) is 16.9. The SMILES string of the molecule is c1ccc(OCCN2CCN(Cc3ccc4nsnc4c3)CC2)cc1. The molecule has 6 heteroatoms. The van der Waals surface area contributed by atoms with Crippen LogP contribution in [-0.2, 0) is 6.54 Å². The first-order chi connectivity index (χ1) is 12.4. The van der Waals surface area contributed by atoms with Crippen molar-refractivity contribution in [2.45, 2.75) is 6.54 Å². The fourth-order valence-electron chi connectivity index (χ4n) is 3.16. The Labute approximate surface area is 152 Å². The van der Waals surface area contributed by atoms with E-state index in [0.29, 0.717) is 0 Å². The molecule has 0 atom stereocenters. The molecule has 25 heavy (non-hydrogen) atoms. The predicted molar refractivity (Wildman–Crippen MR) is 101 cm³/mol. The third kappa shape index (κ3) is 4.34. The zero-order valence-corrected chi connectivity index (χ0v) is 15.0. The molecule has 0 bridgehead atoms. The Morgan fingerprint density at radius 3 is 2.48 bits per heavy atom. The average molecular weight is 354 g/mol. The van der Waals surface area contributed by atoms with Gasteiger partial charge in [0.05, 0.1) is 11.7 Å². The van der Waals surface area contributed by atoms with Gasteiger partial charge in [-0.2, -0.15) is 8.75 Å². The molecule has 0 amide bonds. The van der Waals surface area contributed by atoms with Crippen molar-refractivity contribution >= 4 is 22.8 Å². The second-order valence-corrected chi connectivity index (χ2v) is 6.90. The highest BCUT2D eigenvalue weighted by atomic mass is 32.1. The van der Waals surface area contributed by atoms with Crippen LogP contribution in [0.1, 0.15) is 5.56 Å². The number of rotatable bonds is 6. The molecule has 1 aromatic heterocycles. The van der Waals surface area contributed by atoms with Crippen molar-refractivity contribution in [1.82, 2.24) is 18.5 Å². The van der Waals surface area contributed by atoms with Gasteiger partial charge < -0.3 is 4.74 Å². The summed E-state index contributed by atoms with van der Waals surface area (Å²) in [5.74, 6) is 0.952. The number of ether oxygens (including phenoxy) is 1.